The molecule has 1 aromatic heterocycles. The summed E-state index contributed by atoms with van der Waals surface area (Å²) in [6.45, 7) is 1.62. The molecular formula is C12H10BrN3O3. The van der Waals surface area contributed by atoms with Crippen LogP contribution in [0.15, 0.2) is 34.9 Å². The Hall–Kier alpha value is -2.15. The lowest BCUT2D eigenvalue weighted by Crippen LogP contribution is -1.98. The van der Waals surface area contributed by atoms with Gasteiger partial charge in [0.15, 0.2) is 5.75 Å². The first-order chi connectivity index (χ1) is 9.00. The first-order valence-electron chi connectivity index (χ1n) is 5.32. The van der Waals surface area contributed by atoms with Crippen molar-refractivity contribution in [1.82, 2.24) is 4.98 Å². The molecule has 1 aromatic carbocycles. The van der Waals surface area contributed by atoms with Crippen LogP contribution < -0.4 is 10.5 Å². The van der Waals surface area contributed by atoms with E-state index in [0.29, 0.717) is 21.5 Å². The van der Waals surface area contributed by atoms with Crippen LogP contribution in [0, 0.1) is 17.0 Å². The molecule has 0 saturated carbocycles. The van der Waals surface area contributed by atoms with E-state index in [-0.39, 0.29) is 11.6 Å². The normalized spacial score (nSPS) is 10.2. The molecule has 0 aliphatic rings. The Balaban J connectivity index is 2.40. The maximum Gasteiger partial charge on any atom is 0.291 e. The van der Waals surface area contributed by atoms with Crippen molar-refractivity contribution in [2.24, 2.45) is 0 Å². The predicted molar refractivity (Wildman–Crippen MR) is 74.3 cm³/mol. The van der Waals surface area contributed by atoms with Crippen LogP contribution in [-0.4, -0.2) is 9.91 Å². The zero-order valence-corrected chi connectivity index (χ0v) is 11.5. The van der Waals surface area contributed by atoms with Gasteiger partial charge >= 0.3 is 0 Å². The second-order valence-corrected chi connectivity index (χ2v) is 4.58. The number of aromatic nitrogens is 1. The molecular weight excluding hydrogens is 314 g/mol. The number of benzene rings is 1. The maximum atomic E-state index is 10.8. The van der Waals surface area contributed by atoms with E-state index in [1.807, 2.05) is 0 Å². The highest BCUT2D eigenvalue weighted by Gasteiger charge is 2.18. The smallest absolute Gasteiger partial charge is 0.291 e. The van der Waals surface area contributed by atoms with Crippen LogP contribution in [0.5, 0.6) is 11.6 Å². The van der Waals surface area contributed by atoms with Crippen molar-refractivity contribution in [3.05, 3.63) is 50.6 Å². The number of rotatable bonds is 3. The van der Waals surface area contributed by atoms with Gasteiger partial charge in [0, 0.05) is 5.56 Å². The molecule has 0 radical (unpaired) electrons. The zero-order chi connectivity index (χ0) is 14.0. The quantitative estimate of drug-likeness (QED) is 0.530. The molecule has 0 spiro atoms. The number of hydrogen-bond acceptors (Lipinski definition) is 5. The van der Waals surface area contributed by atoms with Gasteiger partial charge in [-0.25, -0.2) is 4.98 Å². The third-order valence-corrected chi connectivity index (χ3v) is 3.46. The molecule has 7 heteroatoms. The fourth-order valence-electron chi connectivity index (χ4n) is 1.48. The van der Waals surface area contributed by atoms with Gasteiger partial charge in [-0.15, -0.1) is 0 Å². The molecule has 0 amide bonds. The van der Waals surface area contributed by atoms with Crippen LogP contribution in [0.3, 0.4) is 0 Å². The van der Waals surface area contributed by atoms with E-state index >= 15 is 0 Å². The highest BCUT2D eigenvalue weighted by atomic mass is 79.9. The summed E-state index contributed by atoms with van der Waals surface area (Å²) in [6.07, 6.45) is 1.16. The molecule has 0 aliphatic heterocycles. The number of nitrogen functional groups attached to an aromatic ring is 1. The molecule has 98 valence electrons. The van der Waals surface area contributed by atoms with Crippen molar-refractivity contribution < 1.29 is 9.66 Å². The summed E-state index contributed by atoms with van der Waals surface area (Å²) in [6, 6.07) is 6.95. The number of halogens is 1. The largest absolute Gasteiger partial charge is 0.436 e. The van der Waals surface area contributed by atoms with Gasteiger partial charge in [-0.1, -0.05) is 12.1 Å². The van der Waals surface area contributed by atoms with Crippen LogP contribution in [0.1, 0.15) is 5.56 Å². The van der Waals surface area contributed by atoms with Gasteiger partial charge < -0.3 is 10.5 Å². The van der Waals surface area contributed by atoms with Crippen LogP contribution >= 0.6 is 15.9 Å². The lowest BCUT2D eigenvalue weighted by atomic mass is 10.2. The summed E-state index contributed by atoms with van der Waals surface area (Å²) in [5, 5.41) is 10.8. The van der Waals surface area contributed by atoms with E-state index < -0.39 is 4.92 Å². The summed E-state index contributed by atoms with van der Waals surface area (Å²) < 4.78 is 5.99. The Morgan fingerprint density at radius 1 is 1.42 bits per heavy atom. The van der Waals surface area contributed by atoms with Crippen LogP contribution in [0.25, 0.3) is 0 Å². The van der Waals surface area contributed by atoms with E-state index in [1.54, 1.807) is 31.2 Å². The van der Waals surface area contributed by atoms with E-state index in [9.17, 15) is 10.1 Å². The standard InChI is InChI=1S/C12H10BrN3O3/c1-7-9(16(17)18)6-15-12(11(7)13)19-10-5-3-2-4-8(10)14/h2-6H,14H2,1H3. The first-order valence-corrected chi connectivity index (χ1v) is 6.12. The minimum atomic E-state index is -0.492. The summed E-state index contributed by atoms with van der Waals surface area (Å²) in [7, 11) is 0. The Morgan fingerprint density at radius 3 is 2.74 bits per heavy atom. The van der Waals surface area contributed by atoms with Crippen molar-refractivity contribution in [2.45, 2.75) is 6.92 Å². The second kappa shape index (κ2) is 5.23. The molecule has 0 aliphatic carbocycles. The lowest BCUT2D eigenvalue weighted by Gasteiger charge is -2.10. The Kier molecular flexibility index (Phi) is 3.66. The van der Waals surface area contributed by atoms with Gasteiger partial charge in [0.1, 0.15) is 6.20 Å². The van der Waals surface area contributed by atoms with Gasteiger partial charge in [-0.05, 0) is 35.0 Å². The highest BCUT2D eigenvalue weighted by molar-refractivity contribution is 9.10. The molecule has 6 nitrogen and oxygen atoms in total. The Bertz CT molecular complexity index is 646. The van der Waals surface area contributed by atoms with Crippen LogP contribution in [0.4, 0.5) is 11.4 Å². The predicted octanol–water partition coefficient (Wildman–Crippen LogP) is 3.44. The van der Waals surface area contributed by atoms with Crippen LogP contribution in [-0.2, 0) is 0 Å². The Morgan fingerprint density at radius 2 is 2.11 bits per heavy atom. The number of ether oxygens (including phenoxy) is 1. The molecule has 2 aromatic rings. The number of nitrogens with two attached hydrogens (primary N) is 1. The molecule has 1 heterocycles. The van der Waals surface area contributed by atoms with Crippen molar-refractivity contribution in [2.75, 3.05) is 5.73 Å². The minimum absolute atomic E-state index is 0.0692. The molecule has 0 saturated heterocycles. The lowest BCUT2D eigenvalue weighted by molar-refractivity contribution is -0.385. The maximum absolute atomic E-state index is 10.8. The number of nitrogens with zero attached hydrogens (tertiary/aromatic N) is 2. The minimum Gasteiger partial charge on any atom is -0.436 e. The number of hydrogen-bond donors (Lipinski definition) is 1. The van der Waals surface area contributed by atoms with Crippen molar-refractivity contribution >= 4 is 27.3 Å². The molecule has 0 atom stereocenters. The fourth-order valence-corrected chi connectivity index (χ4v) is 1.87. The SMILES string of the molecule is Cc1c([N+](=O)[O-])cnc(Oc2ccccc2N)c1Br. The van der Waals surface area contributed by atoms with Gasteiger partial charge in [0.05, 0.1) is 15.1 Å². The number of pyridine rings is 1. The number of nitro groups is 1. The van der Waals surface area contributed by atoms with Crippen molar-refractivity contribution in [3.8, 4) is 11.6 Å². The van der Waals surface area contributed by atoms with Gasteiger partial charge in [0.25, 0.3) is 5.69 Å². The molecule has 0 bridgehead atoms. The van der Waals surface area contributed by atoms with Gasteiger partial charge in [-0.3, -0.25) is 10.1 Å². The fraction of sp³-hybridized carbons (Fsp3) is 0.0833. The summed E-state index contributed by atoms with van der Waals surface area (Å²) in [5.74, 6) is 0.685. The molecule has 0 unspecified atom stereocenters. The highest BCUT2D eigenvalue weighted by Crippen LogP contribution is 2.35. The van der Waals surface area contributed by atoms with Crippen molar-refractivity contribution in [1.29, 1.82) is 0 Å². The van der Waals surface area contributed by atoms with E-state index in [1.165, 1.54) is 0 Å². The monoisotopic (exact) mass is 323 g/mol. The average Bonchev–Trinajstić information content (AvgIpc) is 2.37. The van der Waals surface area contributed by atoms with Gasteiger partial charge in [-0.2, -0.15) is 0 Å². The summed E-state index contributed by atoms with van der Waals surface area (Å²) in [4.78, 5) is 14.2. The molecule has 0 fully saturated rings. The van der Waals surface area contributed by atoms with Crippen molar-refractivity contribution in [3.63, 3.8) is 0 Å². The second-order valence-electron chi connectivity index (χ2n) is 3.78. The number of para-hydroxylation sites is 2. The van der Waals surface area contributed by atoms with E-state index in [2.05, 4.69) is 20.9 Å². The molecule has 19 heavy (non-hydrogen) atoms. The van der Waals surface area contributed by atoms with Gasteiger partial charge in [0.2, 0.25) is 5.88 Å². The van der Waals surface area contributed by atoms with Crippen LogP contribution in [0.2, 0.25) is 0 Å². The average molecular weight is 324 g/mol. The van der Waals surface area contributed by atoms with E-state index in [4.69, 9.17) is 10.5 Å². The molecule has 2 rings (SSSR count). The molecule has 2 N–H and O–H groups in total. The van der Waals surface area contributed by atoms with E-state index in [0.717, 1.165) is 6.20 Å². The summed E-state index contributed by atoms with van der Waals surface area (Å²) >= 11 is 3.25. The number of anilines is 1. The third-order valence-electron chi connectivity index (χ3n) is 2.53. The third kappa shape index (κ3) is 2.65. The summed E-state index contributed by atoms with van der Waals surface area (Å²) in [5.41, 5.74) is 6.60. The Labute approximate surface area is 117 Å². The first kappa shape index (κ1) is 13.3. The zero-order valence-electron chi connectivity index (χ0n) is 9.96. The topological polar surface area (TPSA) is 91.3 Å².